The topological polar surface area (TPSA) is 75.0 Å². The normalized spacial score (nSPS) is 13.9. The largest absolute Gasteiger partial charge is 0.462 e. The predicted molar refractivity (Wildman–Crippen MR) is 167 cm³/mol. The van der Waals surface area contributed by atoms with Gasteiger partial charge in [-0.2, -0.15) is 8.42 Å². The van der Waals surface area contributed by atoms with E-state index in [1.165, 1.54) is 0 Å². The number of fused-ring (bicyclic) bond motifs is 2. The highest BCUT2D eigenvalue weighted by molar-refractivity contribution is 7.92. The van der Waals surface area contributed by atoms with Gasteiger partial charge in [0.05, 0.1) is 22.5 Å². The molecule has 42 heavy (non-hydrogen) atoms. The van der Waals surface area contributed by atoms with Gasteiger partial charge < -0.3 is 19.5 Å². The smallest absolute Gasteiger partial charge is 0.295 e. The number of benzene rings is 5. The fourth-order valence-corrected chi connectivity index (χ4v) is 6.79. The lowest BCUT2D eigenvalue weighted by Gasteiger charge is -2.31. The van der Waals surface area contributed by atoms with E-state index in [-0.39, 0.29) is 4.90 Å². The zero-order chi connectivity index (χ0) is 28.5. The van der Waals surface area contributed by atoms with Gasteiger partial charge in [0, 0.05) is 37.1 Å². The van der Waals surface area contributed by atoms with Crippen LogP contribution in [-0.2, 0) is 10.0 Å². The Morgan fingerprint density at radius 2 is 1.45 bits per heavy atom. The number of hydrogen-bond acceptors (Lipinski definition) is 6. The first-order valence-electron chi connectivity index (χ1n) is 13.9. The third-order valence-corrected chi connectivity index (χ3v) is 9.18. The molecule has 0 aliphatic carbocycles. The molecule has 7 rings (SSSR count). The molecule has 0 amide bonds. The Balaban J connectivity index is 1.40. The van der Waals surface area contributed by atoms with Crippen molar-refractivity contribution in [3.63, 3.8) is 0 Å². The van der Waals surface area contributed by atoms with Gasteiger partial charge in [0.2, 0.25) is 0 Å². The number of nitrogens with one attached hydrogen (secondary N) is 1. The minimum Gasteiger partial charge on any atom is -0.462 e. The van der Waals surface area contributed by atoms with Gasteiger partial charge in [0.25, 0.3) is 10.0 Å². The maximum atomic E-state index is 14.3. The lowest BCUT2D eigenvalue weighted by molar-refractivity contribution is 0.338. The van der Waals surface area contributed by atoms with E-state index in [1.54, 1.807) is 48.7 Å². The summed E-state index contributed by atoms with van der Waals surface area (Å²) in [5.74, 6) is 0.421. The lowest BCUT2D eigenvalue weighted by atomic mass is 9.98. The molecule has 1 fully saturated rings. The Kier molecular flexibility index (Phi) is 6.77. The van der Waals surface area contributed by atoms with Gasteiger partial charge in [0.15, 0.2) is 11.3 Å². The van der Waals surface area contributed by atoms with Gasteiger partial charge in [0.1, 0.15) is 0 Å². The number of anilines is 2. The summed E-state index contributed by atoms with van der Waals surface area (Å²) in [7, 11) is -4.14. The van der Waals surface area contributed by atoms with Crippen LogP contribution in [0.5, 0.6) is 5.75 Å². The molecule has 0 unspecified atom stereocenters. The zero-order valence-electron chi connectivity index (χ0n) is 22.8. The zero-order valence-corrected chi connectivity index (χ0v) is 23.6. The Bertz CT molecular complexity index is 1980. The van der Waals surface area contributed by atoms with Crippen LogP contribution in [0.25, 0.3) is 32.9 Å². The highest BCUT2D eigenvalue weighted by Gasteiger charge is 2.30. The van der Waals surface area contributed by atoms with Crippen molar-refractivity contribution in [3.05, 3.63) is 122 Å². The van der Waals surface area contributed by atoms with Crippen molar-refractivity contribution < 1.29 is 17.7 Å². The number of hydrogen-bond donors (Lipinski definition) is 1. The maximum Gasteiger partial charge on any atom is 0.295 e. The highest BCUT2D eigenvalue weighted by Crippen LogP contribution is 2.39. The molecule has 1 aromatic heterocycles. The van der Waals surface area contributed by atoms with Gasteiger partial charge in [-0.25, -0.2) is 0 Å². The molecule has 0 spiro atoms. The van der Waals surface area contributed by atoms with E-state index in [0.717, 1.165) is 63.6 Å². The van der Waals surface area contributed by atoms with Crippen LogP contribution in [-0.4, -0.2) is 34.6 Å². The summed E-state index contributed by atoms with van der Waals surface area (Å²) in [6, 6.07) is 35.6. The molecular formula is C34H29N3O4S. The summed E-state index contributed by atoms with van der Waals surface area (Å²) >= 11 is 0. The van der Waals surface area contributed by atoms with Crippen LogP contribution in [0.3, 0.4) is 0 Å². The second-order valence-electron chi connectivity index (χ2n) is 10.2. The van der Waals surface area contributed by atoms with Gasteiger partial charge in [-0.3, -0.25) is 0 Å². The highest BCUT2D eigenvalue weighted by atomic mass is 32.2. The molecule has 5 aromatic carbocycles. The standard InChI is InChI=1S/C34H29N3O4S/c38-42(39,28-11-2-1-3-12-28)37(27-23-26-17-22-40-34(26)32(24-27)36-20-18-35-19-21-36)41-33-16-7-6-14-31(33)30-15-8-10-25-9-4-5-13-29(25)30/h1-17,22-24,35H,18-21H2. The summed E-state index contributed by atoms with van der Waals surface area (Å²) in [5.41, 5.74) is 3.66. The molecule has 2 heterocycles. The van der Waals surface area contributed by atoms with Crippen LogP contribution < -0.4 is 19.5 Å². The SMILES string of the molecule is O=S(=O)(c1ccccc1)N(Oc1ccccc1-c1cccc2ccccc12)c1cc(N2CCNCC2)c2occc2c1. The Labute approximate surface area is 244 Å². The first-order valence-corrected chi connectivity index (χ1v) is 15.4. The van der Waals surface area contributed by atoms with Crippen molar-refractivity contribution in [2.24, 2.45) is 0 Å². The van der Waals surface area contributed by atoms with E-state index in [4.69, 9.17) is 9.25 Å². The van der Waals surface area contributed by atoms with E-state index >= 15 is 0 Å². The molecule has 1 aliphatic heterocycles. The Hall–Kier alpha value is -4.79. The van der Waals surface area contributed by atoms with E-state index < -0.39 is 10.0 Å². The van der Waals surface area contributed by atoms with E-state index in [1.807, 2.05) is 54.6 Å². The third kappa shape index (κ3) is 4.74. The molecular weight excluding hydrogens is 546 g/mol. The Morgan fingerprint density at radius 3 is 2.31 bits per heavy atom. The summed E-state index contributed by atoms with van der Waals surface area (Å²) in [5, 5.41) is 6.30. The van der Waals surface area contributed by atoms with Crippen LogP contribution in [0.2, 0.25) is 0 Å². The molecule has 210 valence electrons. The summed E-state index contributed by atoms with van der Waals surface area (Å²) in [6.45, 7) is 3.20. The fourth-order valence-electron chi connectivity index (χ4n) is 5.54. The molecule has 1 aliphatic rings. The summed E-state index contributed by atoms with van der Waals surface area (Å²) in [4.78, 5) is 8.85. The van der Waals surface area contributed by atoms with Crippen LogP contribution >= 0.6 is 0 Å². The number of rotatable bonds is 7. The van der Waals surface area contributed by atoms with Crippen LogP contribution in [0.1, 0.15) is 0 Å². The van der Waals surface area contributed by atoms with Crippen molar-refractivity contribution in [1.82, 2.24) is 5.32 Å². The first kappa shape index (κ1) is 26.1. The third-order valence-electron chi connectivity index (χ3n) is 7.59. The van der Waals surface area contributed by atoms with Crippen LogP contribution in [0.4, 0.5) is 11.4 Å². The Morgan fingerprint density at radius 1 is 0.738 bits per heavy atom. The van der Waals surface area contributed by atoms with E-state index in [2.05, 4.69) is 28.4 Å². The number of piperazine rings is 1. The van der Waals surface area contributed by atoms with Crippen LogP contribution in [0.15, 0.2) is 131 Å². The molecule has 0 bridgehead atoms. The van der Waals surface area contributed by atoms with E-state index in [0.29, 0.717) is 17.0 Å². The number of furan rings is 1. The lowest BCUT2D eigenvalue weighted by Crippen LogP contribution is -2.43. The summed E-state index contributed by atoms with van der Waals surface area (Å²) in [6.07, 6.45) is 1.63. The molecule has 7 nitrogen and oxygen atoms in total. The first-order chi connectivity index (χ1) is 20.6. The van der Waals surface area contributed by atoms with E-state index in [9.17, 15) is 8.42 Å². The average molecular weight is 576 g/mol. The average Bonchev–Trinajstić information content (AvgIpc) is 3.53. The minimum absolute atomic E-state index is 0.128. The quantitative estimate of drug-likeness (QED) is 0.210. The van der Waals surface area contributed by atoms with Gasteiger partial charge >= 0.3 is 0 Å². The van der Waals surface area contributed by atoms with Crippen molar-refractivity contribution in [3.8, 4) is 16.9 Å². The second-order valence-corrected chi connectivity index (χ2v) is 12.0. The van der Waals surface area contributed by atoms with Crippen molar-refractivity contribution in [1.29, 1.82) is 0 Å². The van der Waals surface area contributed by atoms with Crippen LogP contribution in [0, 0.1) is 0 Å². The number of nitrogens with zero attached hydrogens (tertiary/aromatic N) is 2. The molecule has 0 atom stereocenters. The van der Waals surface area contributed by atoms with Crippen molar-refractivity contribution in [2.75, 3.05) is 35.5 Å². The summed E-state index contributed by atoms with van der Waals surface area (Å²) < 4.78 is 35.5. The number of para-hydroxylation sites is 1. The maximum absolute atomic E-state index is 14.3. The molecule has 0 radical (unpaired) electrons. The number of sulfonamides is 1. The van der Waals surface area contributed by atoms with Crippen molar-refractivity contribution in [2.45, 2.75) is 4.90 Å². The predicted octanol–water partition coefficient (Wildman–Crippen LogP) is 6.85. The fraction of sp³-hybridized carbons (Fsp3) is 0.118. The molecule has 8 heteroatoms. The van der Waals surface area contributed by atoms with Gasteiger partial charge in [-0.1, -0.05) is 83.3 Å². The van der Waals surface area contributed by atoms with Crippen molar-refractivity contribution >= 4 is 43.1 Å². The second kappa shape index (κ2) is 10.9. The van der Waals surface area contributed by atoms with Gasteiger partial charge in [-0.05, 0) is 52.7 Å². The monoisotopic (exact) mass is 575 g/mol. The molecule has 0 saturated carbocycles. The molecule has 1 N–H and O–H groups in total. The minimum atomic E-state index is -4.14. The molecule has 1 saturated heterocycles. The molecule has 6 aromatic rings. The van der Waals surface area contributed by atoms with Gasteiger partial charge in [-0.15, -0.1) is 0 Å².